The van der Waals surface area contributed by atoms with Crippen LogP contribution in [0.5, 0.6) is 0 Å². The highest BCUT2D eigenvalue weighted by Crippen LogP contribution is 2.08. The molecule has 0 amide bonds. The zero-order valence-corrected chi connectivity index (χ0v) is 9.59. The van der Waals surface area contributed by atoms with E-state index in [0.717, 1.165) is 31.4 Å². The van der Waals surface area contributed by atoms with Crippen LogP contribution in [0, 0.1) is 5.82 Å². The zero-order chi connectivity index (χ0) is 11.1. The average molecular weight is 209 g/mol. The summed E-state index contributed by atoms with van der Waals surface area (Å²) < 4.78 is 13.0. The van der Waals surface area contributed by atoms with Crippen molar-refractivity contribution in [1.82, 2.24) is 5.32 Å². The van der Waals surface area contributed by atoms with Crippen molar-refractivity contribution in [3.8, 4) is 0 Å². The van der Waals surface area contributed by atoms with Crippen molar-refractivity contribution >= 4 is 0 Å². The van der Waals surface area contributed by atoms with Crippen LogP contribution >= 0.6 is 0 Å². The Labute approximate surface area is 91.7 Å². The summed E-state index contributed by atoms with van der Waals surface area (Å²) in [4.78, 5) is 0. The molecular weight excluding hydrogens is 189 g/mol. The van der Waals surface area contributed by atoms with Gasteiger partial charge in [0.1, 0.15) is 5.82 Å². The molecule has 1 N–H and O–H groups in total. The van der Waals surface area contributed by atoms with Crippen LogP contribution in [-0.4, -0.2) is 12.6 Å². The van der Waals surface area contributed by atoms with Gasteiger partial charge in [0, 0.05) is 6.04 Å². The van der Waals surface area contributed by atoms with Crippen molar-refractivity contribution in [2.24, 2.45) is 0 Å². The van der Waals surface area contributed by atoms with Crippen LogP contribution in [0.4, 0.5) is 4.39 Å². The maximum absolute atomic E-state index is 13.0. The first-order valence-corrected chi connectivity index (χ1v) is 5.74. The van der Waals surface area contributed by atoms with Crippen LogP contribution in [0.15, 0.2) is 24.3 Å². The highest BCUT2D eigenvalue weighted by Gasteiger charge is 2.06. The van der Waals surface area contributed by atoms with Gasteiger partial charge < -0.3 is 5.32 Å². The lowest BCUT2D eigenvalue weighted by Gasteiger charge is -2.16. The Morgan fingerprint density at radius 2 is 2.13 bits per heavy atom. The van der Waals surface area contributed by atoms with Gasteiger partial charge >= 0.3 is 0 Å². The largest absolute Gasteiger partial charge is 0.314 e. The van der Waals surface area contributed by atoms with E-state index in [1.54, 1.807) is 12.1 Å². The summed E-state index contributed by atoms with van der Waals surface area (Å²) in [6.07, 6.45) is 3.13. The first-order valence-electron chi connectivity index (χ1n) is 5.74. The molecule has 1 aromatic rings. The lowest BCUT2D eigenvalue weighted by atomic mass is 10.0. The number of hydrogen-bond acceptors (Lipinski definition) is 1. The third kappa shape index (κ3) is 4.43. The third-order valence-corrected chi connectivity index (χ3v) is 2.55. The van der Waals surface area contributed by atoms with Crippen molar-refractivity contribution in [2.75, 3.05) is 6.54 Å². The predicted octanol–water partition coefficient (Wildman–Crippen LogP) is 3.15. The molecule has 1 aromatic carbocycles. The fourth-order valence-electron chi connectivity index (χ4n) is 1.66. The van der Waals surface area contributed by atoms with E-state index in [2.05, 4.69) is 19.2 Å². The quantitative estimate of drug-likeness (QED) is 0.759. The maximum Gasteiger partial charge on any atom is 0.123 e. The van der Waals surface area contributed by atoms with Crippen LogP contribution in [-0.2, 0) is 6.42 Å². The monoisotopic (exact) mass is 209 g/mol. The highest BCUT2D eigenvalue weighted by molar-refractivity contribution is 5.17. The molecule has 1 atom stereocenters. The summed E-state index contributed by atoms with van der Waals surface area (Å²) >= 11 is 0. The molecular formula is C13H20FN. The molecule has 0 heterocycles. The normalized spacial score (nSPS) is 12.7. The third-order valence-electron chi connectivity index (χ3n) is 2.55. The minimum atomic E-state index is -0.141. The Hall–Kier alpha value is -0.890. The summed E-state index contributed by atoms with van der Waals surface area (Å²) in [5.41, 5.74) is 1.07. The van der Waals surface area contributed by atoms with Crippen LogP contribution in [0.1, 0.15) is 32.3 Å². The van der Waals surface area contributed by atoms with Gasteiger partial charge in [-0.15, -0.1) is 0 Å². The van der Waals surface area contributed by atoms with E-state index >= 15 is 0 Å². The van der Waals surface area contributed by atoms with Crippen LogP contribution in [0.25, 0.3) is 0 Å². The van der Waals surface area contributed by atoms with Gasteiger partial charge in [0.15, 0.2) is 0 Å². The lowest BCUT2D eigenvalue weighted by Crippen LogP contribution is -2.31. The summed E-state index contributed by atoms with van der Waals surface area (Å²) in [7, 11) is 0. The van der Waals surface area contributed by atoms with Gasteiger partial charge in [-0.1, -0.05) is 26.0 Å². The number of halogens is 1. The van der Waals surface area contributed by atoms with Gasteiger partial charge in [0.05, 0.1) is 0 Å². The number of nitrogens with one attached hydrogen (secondary N) is 1. The molecule has 1 rings (SSSR count). The van der Waals surface area contributed by atoms with E-state index in [4.69, 9.17) is 0 Å². The Morgan fingerprint density at radius 3 is 2.73 bits per heavy atom. The molecule has 15 heavy (non-hydrogen) atoms. The molecule has 0 aromatic heterocycles. The van der Waals surface area contributed by atoms with Crippen molar-refractivity contribution in [2.45, 2.75) is 39.2 Å². The molecule has 0 saturated heterocycles. The molecule has 0 radical (unpaired) electrons. The number of benzene rings is 1. The minimum absolute atomic E-state index is 0.141. The molecule has 2 heteroatoms. The van der Waals surface area contributed by atoms with Gasteiger partial charge in [-0.05, 0) is 43.5 Å². The Kier molecular flexibility index (Phi) is 5.33. The molecule has 1 unspecified atom stereocenters. The molecule has 0 spiro atoms. The van der Waals surface area contributed by atoms with E-state index in [9.17, 15) is 4.39 Å². The van der Waals surface area contributed by atoms with E-state index in [1.807, 2.05) is 6.07 Å². The summed E-state index contributed by atoms with van der Waals surface area (Å²) in [6, 6.07) is 7.34. The molecule has 84 valence electrons. The second-order valence-electron chi connectivity index (χ2n) is 3.89. The first kappa shape index (κ1) is 12.2. The van der Waals surface area contributed by atoms with Crippen molar-refractivity contribution in [1.29, 1.82) is 0 Å². The van der Waals surface area contributed by atoms with E-state index < -0.39 is 0 Å². The highest BCUT2D eigenvalue weighted by atomic mass is 19.1. The first-order chi connectivity index (χ1) is 7.26. The van der Waals surface area contributed by atoms with Crippen LogP contribution in [0.2, 0.25) is 0 Å². The molecule has 0 aliphatic heterocycles. The minimum Gasteiger partial charge on any atom is -0.314 e. The maximum atomic E-state index is 13.0. The summed E-state index contributed by atoms with van der Waals surface area (Å²) in [5.74, 6) is -0.141. The van der Waals surface area contributed by atoms with Gasteiger partial charge in [-0.2, -0.15) is 0 Å². The van der Waals surface area contributed by atoms with Crippen molar-refractivity contribution < 1.29 is 4.39 Å². The standard InChI is InChI=1S/C13H20FN/c1-3-8-15-13(4-2)10-11-6-5-7-12(14)9-11/h5-7,9,13,15H,3-4,8,10H2,1-2H3. The van der Waals surface area contributed by atoms with Crippen LogP contribution < -0.4 is 5.32 Å². The molecule has 0 aliphatic carbocycles. The molecule has 0 aliphatic rings. The summed E-state index contributed by atoms with van der Waals surface area (Å²) in [5, 5.41) is 3.46. The Morgan fingerprint density at radius 1 is 1.33 bits per heavy atom. The van der Waals surface area contributed by atoms with Crippen LogP contribution in [0.3, 0.4) is 0 Å². The lowest BCUT2D eigenvalue weighted by molar-refractivity contribution is 0.493. The SMILES string of the molecule is CCCNC(CC)Cc1cccc(F)c1. The van der Waals surface area contributed by atoms with Crippen molar-refractivity contribution in [3.05, 3.63) is 35.6 Å². The second kappa shape index (κ2) is 6.57. The topological polar surface area (TPSA) is 12.0 Å². The van der Waals surface area contributed by atoms with E-state index in [-0.39, 0.29) is 5.82 Å². The fraction of sp³-hybridized carbons (Fsp3) is 0.538. The van der Waals surface area contributed by atoms with Gasteiger partial charge in [0.25, 0.3) is 0 Å². The average Bonchev–Trinajstić information content (AvgIpc) is 2.24. The van der Waals surface area contributed by atoms with Gasteiger partial charge in [0.2, 0.25) is 0 Å². The Bertz CT molecular complexity index is 286. The number of rotatable bonds is 6. The zero-order valence-electron chi connectivity index (χ0n) is 9.59. The second-order valence-corrected chi connectivity index (χ2v) is 3.89. The predicted molar refractivity (Wildman–Crippen MR) is 62.5 cm³/mol. The number of hydrogen-bond donors (Lipinski definition) is 1. The van der Waals surface area contributed by atoms with E-state index in [1.165, 1.54) is 6.07 Å². The molecule has 0 saturated carbocycles. The van der Waals surface area contributed by atoms with Crippen molar-refractivity contribution in [3.63, 3.8) is 0 Å². The summed E-state index contributed by atoms with van der Waals surface area (Å²) in [6.45, 7) is 5.35. The Balaban J connectivity index is 2.50. The fourth-order valence-corrected chi connectivity index (χ4v) is 1.66. The molecule has 0 bridgehead atoms. The molecule has 1 nitrogen and oxygen atoms in total. The van der Waals surface area contributed by atoms with Gasteiger partial charge in [-0.3, -0.25) is 0 Å². The van der Waals surface area contributed by atoms with Gasteiger partial charge in [-0.25, -0.2) is 4.39 Å². The molecule has 0 fully saturated rings. The van der Waals surface area contributed by atoms with E-state index in [0.29, 0.717) is 6.04 Å². The smallest absolute Gasteiger partial charge is 0.123 e.